The third-order valence-corrected chi connectivity index (χ3v) is 10.0. The van der Waals surface area contributed by atoms with Gasteiger partial charge in [-0.05, 0) is 119 Å². The first-order valence-electron chi connectivity index (χ1n) is 15.9. The summed E-state index contributed by atoms with van der Waals surface area (Å²) < 4.78 is 0. The van der Waals surface area contributed by atoms with Gasteiger partial charge >= 0.3 is 0 Å². The maximum Gasteiger partial charge on any atom is 0.0741 e. The Morgan fingerprint density at radius 2 is 1.36 bits per heavy atom. The largest absolute Gasteiger partial charge is 0.384 e. The quantitative estimate of drug-likeness (QED) is 0.137. The SMILES string of the molecule is CC1=C[C@H]2Cc3nc4cc(Cl)ccc4c(NCCCCCCNc4c5c(nc6cc(Cl)ccc46)CCCC5)c3[C@@H](C1)C2.Cl.Cl. The first-order valence-corrected chi connectivity index (χ1v) is 16.7. The van der Waals surface area contributed by atoms with Crippen molar-refractivity contribution in [3.05, 3.63) is 80.6 Å². The molecule has 3 aliphatic rings. The molecule has 2 aromatic heterocycles. The Balaban J connectivity index is 0.00000192. The van der Waals surface area contributed by atoms with Crippen LogP contribution in [-0.2, 0) is 19.3 Å². The first-order chi connectivity index (χ1) is 20.5. The van der Waals surface area contributed by atoms with E-state index in [1.807, 2.05) is 24.3 Å². The van der Waals surface area contributed by atoms with E-state index in [0.29, 0.717) is 11.8 Å². The van der Waals surface area contributed by atoms with Gasteiger partial charge in [0, 0.05) is 62.2 Å². The molecule has 0 saturated heterocycles. The van der Waals surface area contributed by atoms with Crippen LogP contribution < -0.4 is 10.6 Å². The number of hydrogen-bond donors (Lipinski definition) is 2. The normalized spacial score (nSPS) is 18.5. The fourth-order valence-corrected chi connectivity index (χ4v) is 8.04. The number of nitrogens with zero attached hydrogens (tertiary/aromatic N) is 2. The molecule has 0 saturated carbocycles. The van der Waals surface area contributed by atoms with Crippen LogP contribution in [0.5, 0.6) is 0 Å². The molecule has 2 bridgehead atoms. The molecule has 4 aromatic rings. The lowest BCUT2D eigenvalue weighted by molar-refractivity contribution is 0.433. The molecule has 0 aliphatic heterocycles. The predicted molar refractivity (Wildman–Crippen MR) is 193 cm³/mol. The molecule has 0 fully saturated rings. The minimum atomic E-state index is 0. The molecule has 234 valence electrons. The molecular weight excluding hydrogens is 630 g/mol. The van der Waals surface area contributed by atoms with E-state index in [4.69, 9.17) is 33.2 Å². The van der Waals surface area contributed by atoms with Crippen molar-refractivity contribution >= 4 is 81.2 Å². The lowest BCUT2D eigenvalue weighted by atomic mass is 9.71. The molecular formula is C36H42Cl4N4. The van der Waals surface area contributed by atoms with E-state index in [-0.39, 0.29) is 24.8 Å². The van der Waals surface area contributed by atoms with Crippen LogP contribution in [-0.4, -0.2) is 23.1 Å². The van der Waals surface area contributed by atoms with Crippen LogP contribution in [0.25, 0.3) is 21.8 Å². The van der Waals surface area contributed by atoms with Gasteiger partial charge in [0.15, 0.2) is 0 Å². The van der Waals surface area contributed by atoms with Crippen LogP contribution in [0.15, 0.2) is 48.0 Å². The maximum atomic E-state index is 6.38. The second-order valence-electron chi connectivity index (χ2n) is 12.7. The maximum absolute atomic E-state index is 6.38. The number of unbranched alkanes of at least 4 members (excludes halogenated alkanes) is 3. The number of hydrogen-bond acceptors (Lipinski definition) is 4. The van der Waals surface area contributed by atoms with Gasteiger partial charge in [-0.15, -0.1) is 24.8 Å². The van der Waals surface area contributed by atoms with Crippen molar-refractivity contribution in [2.24, 2.45) is 5.92 Å². The number of rotatable bonds is 9. The van der Waals surface area contributed by atoms with Crippen molar-refractivity contribution in [2.45, 2.75) is 83.5 Å². The van der Waals surface area contributed by atoms with Crippen LogP contribution in [0, 0.1) is 5.92 Å². The van der Waals surface area contributed by atoms with Crippen LogP contribution in [0.1, 0.15) is 86.7 Å². The average Bonchev–Trinajstić information content (AvgIpc) is 2.96. The molecule has 2 atom stereocenters. The molecule has 7 rings (SSSR count). The number of fused-ring (bicyclic) bond motifs is 7. The molecule has 4 nitrogen and oxygen atoms in total. The fraction of sp³-hybridized carbons (Fsp3) is 0.444. The summed E-state index contributed by atoms with van der Waals surface area (Å²) in [4.78, 5) is 10.1. The molecule has 2 N–H and O–H groups in total. The van der Waals surface area contributed by atoms with E-state index >= 15 is 0 Å². The van der Waals surface area contributed by atoms with Crippen molar-refractivity contribution in [1.82, 2.24) is 9.97 Å². The van der Waals surface area contributed by atoms with E-state index in [2.05, 4.69) is 35.8 Å². The fourth-order valence-electron chi connectivity index (χ4n) is 7.71. The highest BCUT2D eigenvalue weighted by atomic mass is 35.5. The Morgan fingerprint density at radius 3 is 2.07 bits per heavy atom. The Labute approximate surface area is 283 Å². The third-order valence-electron chi connectivity index (χ3n) is 9.54. The third kappa shape index (κ3) is 6.79. The Morgan fingerprint density at radius 1 is 0.750 bits per heavy atom. The minimum absolute atomic E-state index is 0. The zero-order chi connectivity index (χ0) is 28.6. The zero-order valence-corrected chi connectivity index (χ0v) is 28.5. The second kappa shape index (κ2) is 14.5. The highest BCUT2D eigenvalue weighted by molar-refractivity contribution is 6.31. The number of pyridine rings is 2. The van der Waals surface area contributed by atoms with Crippen LogP contribution in [0.4, 0.5) is 11.4 Å². The summed E-state index contributed by atoms with van der Waals surface area (Å²) in [6, 6.07) is 12.3. The summed E-state index contributed by atoms with van der Waals surface area (Å²) in [6.07, 6.45) is 15.3. The molecule has 0 spiro atoms. The number of benzene rings is 2. The first kappa shape index (κ1) is 33.1. The van der Waals surface area contributed by atoms with Gasteiger partial charge in [0.25, 0.3) is 0 Å². The average molecular weight is 673 g/mol. The smallest absolute Gasteiger partial charge is 0.0741 e. The molecule has 0 radical (unpaired) electrons. The van der Waals surface area contributed by atoms with Crippen molar-refractivity contribution in [2.75, 3.05) is 23.7 Å². The molecule has 2 heterocycles. The predicted octanol–water partition coefficient (Wildman–Crippen LogP) is 10.9. The van der Waals surface area contributed by atoms with Crippen LogP contribution in [0.2, 0.25) is 10.0 Å². The van der Waals surface area contributed by atoms with E-state index in [0.717, 1.165) is 72.7 Å². The van der Waals surface area contributed by atoms with E-state index < -0.39 is 0 Å². The highest BCUT2D eigenvalue weighted by Gasteiger charge is 2.33. The summed E-state index contributed by atoms with van der Waals surface area (Å²) in [7, 11) is 0. The molecule has 0 unspecified atom stereocenters. The number of anilines is 2. The lowest BCUT2D eigenvalue weighted by Gasteiger charge is -2.36. The number of nitrogens with one attached hydrogen (secondary N) is 2. The van der Waals surface area contributed by atoms with Gasteiger partial charge in [-0.25, -0.2) is 0 Å². The topological polar surface area (TPSA) is 49.8 Å². The van der Waals surface area contributed by atoms with Gasteiger partial charge < -0.3 is 10.6 Å². The molecule has 0 amide bonds. The lowest BCUT2D eigenvalue weighted by Crippen LogP contribution is -2.24. The summed E-state index contributed by atoms with van der Waals surface area (Å²) >= 11 is 12.7. The number of aryl methyl sites for hydroxylation is 1. The van der Waals surface area contributed by atoms with Gasteiger partial charge in [-0.2, -0.15) is 0 Å². The number of halogens is 4. The van der Waals surface area contributed by atoms with Gasteiger partial charge in [0.1, 0.15) is 0 Å². The van der Waals surface area contributed by atoms with Crippen molar-refractivity contribution in [3.63, 3.8) is 0 Å². The van der Waals surface area contributed by atoms with E-state index in [9.17, 15) is 0 Å². The molecule has 3 aliphatic carbocycles. The van der Waals surface area contributed by atoms with Crippen LogP contribution >= 0.6 is 48.0 Å². The molecule has 44 heavy (non-hydrogen) atoms. The minimum Gasteiger partial charge on any atom is -0.384 e. The number of aromatic nitrogens is 2. The second-order valence-corrected chi connectivity index (χ2v) is 13.5. The van der Waals surface area contributed by atoms with Crippen molar-refractivity contribution < 1.29 is 0 Å². The van der Waals surface area contributed by atoms with Gasteiger partial charge in [0.05, 0.1) is 11.0 Å². The Hall–Kier alpha value is -2.24. The van der Waals surface area contributed by atoms with Crippen molar-refractivity contribution in [3.8, 4) is 0 Å². The molecule has 8 heteroatoms. The van der Waals surface area contributed by atoms with E-state index in [1.165, 1.54) is 82.3 Å². The Kier molecular flexibility index (Phi) is 10.9. The van der Waals surface area contributed by atoms with Gasteiger partial charge in [-0.3, -0.25) is 9.97 Å². The standard InChI is InChI=1S/C36H40Cl2N4.2ClH/c1-22-16-23-18-24(17-22)34-33(19-23)42-32-21-26(38)11-13-29(32)36(34)40-15-7-3-2-6-14-39-35-27-8-4-5-9-30(27)41-31-20-25(37)10-12-28(31)35;;/h10-13,16,20-21,23-24H,2-9,14-15,17-19H2,1H3,(H,39,41)(H,40,42);2*1H/t23-,24+;;/m1../s1. The number of allylic oxidation sites excluding steroid dienone is 2. The summed E-state index contributed by atoms with van der Waals surface area (Å²) in [5.74, 6) is 1.19. The molecule has 2 aromatic carbocycles. The Bertz CT molecular complexity index is 1680. The van der Waals surface area contributed by atoms with E-state index in [1.54, 1.807) is 0 Å². The highest BCUT2D eigenvalue weighted by Crippen LogP contribution is 2.47. The monoisotopic (exact) mass is 670 g/mol. The summed E-state index contributed by atoms with van der Waals surface area (Å²) in [6.45, 7) is 4.26. The van der Waals surface area contributed by atoms with Gasteiger partial charge in [-0.1, -0.05) is 47.7 Å². The van der Waals surface area contributed by atoms with Gasteiger partial charge in [0.2, 0.25) is 0 Å². The zero-order valence-electron chi connectivity index (χ0n) is 25.4. The summed E-state index contributed by atoms with van der Waals surface area (Å²) in [5.41, 5.74) is 11.6. The summed E-state index contributed by atoms with van der Waals surface area (Å²) in [5, 5.41) is 11.6. The van der Waals surface area contributed by atoms with Crippen molar-refractivity contribution in [1.29, 1.82) is 0 Å². The van der Waals surface area contributed by atoms with Crippen LogP contribution in [0.3, 0.4) is 0 Å².